The highest BCUT2D eigenvalue weighted by Crippen LogP contribution is 2.14. The van der Waals surface area contributed by atoms with Crippen molar-refractivity contribution in [3.05, 3.63) is 0 Å². The van der Waals surface area contributed by atoms with Crippen molar-refractivity contribution in [3.63, 3.8) is 0 Å². The summed E-state index contributed by atoms with van der Waals surface area (Å²) < 4.78 is 9.71. The largest absolute Gasteiger partial charge is 0.593 e. The summed E-state index contributed by atoms with van der Waals surface area (Å²) in [4.78, 5) is 19.7. The molecule has 0 radical (unpaired) electrons. The molecule has 46 valence electrons. The van der Waals surface area contributed by atoms with Gasteiger partial charge in [0.15, 0.2) is 0 Å². The molecule has 0 aliphatic carbocycles. The van der Waals surface area contributed by atoms with Gasteiger partial charge in [-0.3, -0.25) is 4.79 Å². The lowest BCUT2D eigenvalue weighted by atomic mass is 10.5. The molecule has 0 aliphatic rings. The minimum Gasteiger partial charge on any atom is -0.593 e. The highest BCUT2D eigenvalue weighted by Gasteiger charge is 2.22. The third kappa shape index (κ3) is 2.12. The number of rotatable bonds is 2. The van der Waals surface area contributed by atoms with Gasteiger partial charge in [-0.15, -0.1) is 0 Å². The molecular weight excluding hydrogens is 131 g/mol. The molecule has 0 saturated carbocycles. The first-order chi connectivity index (χ1) is 3.55. The number of ketones is 1. The SMILES string of the molecule is CC(=O)C(O)[P+](=O)[O-]. The van der Waals surface area contributed by atoms with Crippen LogP contribution in [0.3, 0.4) is 0 Å². The van der Waals surface area contributed by atoms with Gasteiger partial charge in [0.1, 0.15) is 0 Å². The Morgan fingerprint density at radius 2 is 2.25 bits per heavy atom. The highest BCUT2D eigenvalue weighted by atomic mass is 31.1. The van der Waals surface area contributed by atoms with Crippen LogP contribution in [-0.2, 0) is 9.36 Å². The minimum absolute atomic E-state index is 0.749. The molecule has 0 amide bonds. The van der Waals surface area contributed by atoms with Gasteiger partial charge in [0.25, 0.3) is 0 Å². The second-order valence-corrected chi connectivity index (χ2v) is 2.33. The molecule has 0 fully saturated rings. The van der Waals surface area contributed by atoms with E-state index in [0.717, 1.165) is 6.92 Å². The Labute approximate surface area is 47.0 Å². The topological polar surface area (TPSA) is 77.4 Å². The summed E-state index contributed by atoms with van der Waals surface area (Å²) in [5.41, 5.74) is 0. The van der Waals surface area contributed by atoms with Crippen LogP contribution in [0, 0.1) is 0 Å². The zero-order valence-corrected chi connectivity index (χ0v) is 5.09. The molecule has 1 N–H and O–H groups in total. The molecule has 0 aromatic heterocycles. The maximum Gasteiger partial charge on any atom is 0.349 e. The van der Waals surface area contributed by atoms with E-state index in [1.807, 2.05) is 0 Å². The van der Waals surface area contributed by atoms with Gasteiger partial charge in [-0.05, 0) is 0 Å². The number of hydrogen-bond acceptors (Lipinski definition) is 4. The minimum atomic E-state index is -3.00. The van der Waals surface area contributed by atoms with Gasteiger partial charge in [0.05, 0.1) is 0 Å². The summed E-state index contributed by atoms with van der Waals surface area (Å²) in [7, 11) is -3.00. The lowest BCUT2D eigenvalue weighted by Crippen LogP contribution is -2.15. The molecule has 0 spiro atoms. The molecule has 8 heavy (non-hydrogen) atoms. The van der Waals surface area contributed by atoms with Gasteiger partial charge in [-0.2, -0.15) is 0 Å². The van der Waals surface area contributed by atoms with Gasteiger partial charge >= 0.3 is 13.9 Å². The molecule has 0 rings (SSSR count). The van der Waals surface area contributed by atoms with Crippen molar-refractivity contribution < 1.29 is 19.4 Å². The molecule has 2 unspecified atom stereocenters. The number of hydrogen-bond donors (Lipinski definition) is 1. The zero-order chi connectivity index (χ0) is 6.73. The van der Waals surface area contributed by atoms with Crippen LogP contribution in [0.15, 0.2) is 0 Å². The molecule has 0 bridgehead atoms. The molecule has 0 aliphatic heterocycles. The third-order valence-corrected chi connectivity index (χ3v) is 1.33. The summed E-state index contributed by atoms with van der Waals surface area (Å²) in [6.07, 6.45) is 0. The van der Waals surface area contributed by atoms with Crippen LogP contribution < -0.4 is 4.89 Å². The fourth-order valence-electron chi connectivity index (χ4n) is 0.148. The highest BCUT2D eigenvalue weighted by molar-refractivity contribution is 7.38. The predicted octanol–water partition coefficient (Wildman–Crippen LogP) is -1.00. The Hall–Kier alpha value is -0.310. The van der Waals surface area contributed by atoms with Crippen molar-refractivity contribution in [3.8, 4) is 0 Å². The van der Waals surface area contributed by atoms with Gasteiger partial charge in [0, 0.05) is 6.92 Å². The van der Waals surface area contributed by atoms with E-state index in [1.165, 1.54) is 0 Å². The first-order valence-corrected chi connectivity index (χ1v) is 3.12. The Bertz CT molecular complexity index is 106. The predicted molar refractivity (Wildman–Crippen MR) is 24.3 cm³/mol. The molecule has 0 aromatic rings. The lowest BCUT2D eigenvalue weighted by molar-refractivity contribution is -0.172. The van der Waals surface area contributed by atoms with Crippen LogP contribution in [0.5, 0.6) is 0 Å². The summed E-state index contributed by atoms with van der Waals surface area (Å²) in [5, 5.41) is 8.26. The first kappa shape index (κ1) is 7.69. The summed E-state index contributed by atoms with van der Waals surface area (Å²) in [6, 6.07) is 0. The fourth-order valence-corrected chi connectivity index (χ4v) is 0.445. The van der Waals surface area contributed by atoms with Crippen molar-refractivity contribution in [2.24, 2.45) is 0 Å². The Morgan fingerprint density at radius 1 is 1.88 bits per heavy atom. The van der Waals surface area contributed by atoms with Crippen molar-refractivity contribution in [1.29, 1.82) is 0 Å². The standard InChI is InChI=1S/C3H5O4P/c1-2(4)3(5)8(6)7/h3,5H,1H3. The van der Waals surface area contributed by atoms with E-state index in [2.05, 4.69) is 0 Å². The van der Waals surface area contributed by atoms with Crippen LogP contribution >= 0.6 is 8.03 Å². The van der Waals surface area contributed by atoms with Crippen molar-refractivity contribution in [2.75, 3.05) is 0 Å². The van der Waals surface area contributed by atoms with Crippen LogP contribution in [0.4, 0.5) is 0 Å². The van der Waals surface area contributed by atoms with Crippen molar-refractivity contribution in [2.45, 2.75) is 12.8 Å². The fraction of sp³-hybridized carbons (Fsp3) is 0.667. The van der Waals surface area contributed by atoms with E-state index in [0.29, 0.717) is 0 Å². The number of Topliss-reactive ketones (excluding diaryl/α,β-unsaturated/α-hetero) is 1. The first-order valence-electron chi connectivity index (χ1n) is 1.87. The molecule has 0 saturated heterocycles. The zero-order valence-electron chi connectivity index (χ0n) is 4.20. The molecule has 0 aromatic carbocycles. The summed E-state index contributed by atoms with van der Waals surface area (Å²) in [6.45, 7) is 1.01. The average Bonchev–Trinajstić information content (AvgIpc) is 1.64. The van der Waals surface area contributed by atoms with Crippen LogP contribution in [0.1, 0.15) is 6.92 Å². The van der Waals surface area contributed by atoms with Gasteiger partial charge in [0.2, 0.25) is 5.78 Å². The van der Waals surface area contributed by atoms with Crippen molar-refractivity contribution >= 4 is 13.8 Å². The normalized spacial score (nSPS) is 15.1. The van der Waals surface area contributed by atoms with Crippen molar-refractivity contribution in [1.82, 2.24) is 0 Å². The van der Waals surface area contributed by atoms with Gasteiger partial charge in [-0.1, -0.05) is 4.57 Å². The second-order valence-electron chi connectivity index (χ2n) is 1.27. The Morgan fingerprint density at radius 3 is 2.25 bits per heavy atom. The van der Waals surface area contributed by atoms with Crippen LogP contribution in [-0.4, -0.2) is 16.7 Å². The quantitative estimate of drug-likeness (QED) is 0.493. The third-order valence-electron chi connectivity index (χ3n) is 0.563. The van der Waals surface area contributed by atoms with Gasteiger partial charge in [-0.25, -0.2) is 0 Å². The molecule has 4 nitrogen and oxygen atoms in total. The smallest absolute Gasteiger partial charge is 0.349 e. The molecule has 0 heterocycles. The van der Waals surface area contributed by atoms with Crippen LogP contribution in [0.25, 0.3) is 0 Å². The summed E-state index contributed by atoms with van der Waals surface area (Å²) >= 11 is 0. The Kier molecular flexibility index (Phi) is 2.76. The maximum absolute atomic E-state index is 9.95. The number of carbonyl (C=O) groups excluding carboxylic acids is 1. The maximum atomic E-state index is 9.95. The van der Waals surface area contributed by atoms with E-state index in [9.17, 15) is 14.3 Å². The number of aliphatic hydroxyl groups is 1. The van der Waals surface area contributed by atoms with E-state index < -0.39 is 19.7 Å². The van der Waals surface area contributed by atoms with E-state index in [4.69, 9.17) is 5.11 Å². The van der Waals surface area contributed by atoms with E-state index in [1.54, 1.807) is 0 Å². The average molecular weight is 136 g/mol. The van der Waals surface area contributed by atoms with E-state index >= 15 is 0 Å². The van der Waals surface area contributed by atoms with E-state index in [-0.39, 0.29) is 0 Å². The molecule has 2 atom stereocenters. The number of aliphatic hydroxyl groups excluding tert-OH is 1. The number of carbonyl (C=O) groups is 1. The lowest BCUT2D eigenvalue weighted by Gasteiger charge is -1.91. The van der Waals surface area contributed by atoms with Gasteiger partial charge < -0.3 is 10.00 Å². The molecule has 5 heteroatoms. The Balaban J connectivity index is 3.83. The molecular formula is C3H5O4P. The van der Waals surface area contributed by atoms with Crippen LogP contribution in [0.2, 0.25) is 0 Å². The summed E-state index contributed by atoms with van der Waals surface area (Å²) in [5.74, 6) is -2.56. The monoisotopic (exact) mass is 136 g/mol. The second kappa shape index (κ2) is 2.87.